The number of aryl methyl sites for hydroxylation is 1. The molecule has 2 rings (SSSR count). The maximum Gasteiger partial charge on any atom is 0.250 e. The lowest BCUT2D eigenvalue weighted by Crippen LogP contribution is -2.25. The van der Waals surface area contributed by atoms with Crippen LogP contribution in [-0.4, -0.2) is 20.1 Å². The first-order chi connectivity index (χ1) is 9.42. The van der Waals surface area contributed by atoms with E-state index in [1.165, 1.54) is 11.3 Å². The molecule has 0 saturated carbocycles. The van der Waals surface area contributed by atoms with Crippen LogP contribution in [0.25, 0.3) is 0 Å². The molecule has 4 nitrogen and oxygen atoms in total. The zero-order valence-corrected chi connectivity index (χ0v) is 13.9. The molecule has 0 amide bonds. The molecule has 0 fully saturated rings. The molecular weight excluding hydrogens is 338 g/mol. The molecule has 110 valence electrons. The van der Waals surface area contributed by atoms with Crippen LogP contribution in [-0.2, 0) is 23.1 Å². The van der Waals surface area contributed by atoms with Crippen molar-refractivity contribution < 1.29 is 13.5 Å². The van der Waals surface area contributed by atoms with E-state index < -0.39 is 10.0 Å². The molecule has 8 heteroatoms. The van der Waals surface area contributed by atoms with Crippen LogP contribution in [0.5, 0.6) is 0 Å². The van der Waals surface area contributed by atoms with Crippen LogP contribution in [0, 0.1) is 6.92 Å². The number of halogens is 1. The van der Waals surface area contributed by atoms with Crippen LogP contribution in [0.2, 0.25) is 4.34 Å². The van der Waals surface area contributed by atoms with Crippen molar-refractivity contribution in [1.82, 2.24) is 4.72 Å². The third-order valence-corrected chi connectivity index (χ3v) is 7.15. The quantitative estimate of drug-likeness (QED) is 0.841. The van der Waals surface area contributed by atoms with E-state index in [0.29, 0.717) is 22.2 Å². The maximum absolute atomic E-state index is 12.1. The van der Waals surface area contributed by atoms with Crippen LogP contribution in [0.15, 0.2) is 22.4 Å². The zero-order chi connectivity index (χ0) is 14.8. The number of aliphatic hydroxyl groups excluding tert-OH is 1. The number of aliphatic hydroxyl groups is 1. The Balaban J connectivity index is 2.00. The number of hydrogen-bond acceptors (Lipinski definition) is 5. The first-order valence-electron chi connectivity index (χ1n) is 5.86. The average molecular weight is 352 g/mol. The molecule has 0 aliphatic rings. The molecule has 0 saturated heterocycles. The Morgan fingerprint density at radius 1 is 1.35 bits per heavy atom. The van der Waals surface area contributed by atoms with E-state index in [-0.39, 0.29) is 10.8 Å². The van der Waals surface area contributed by atoms with E-state index in [2.05, 4.69) is 4.72 Å². The van der Waals surface area contributed by atoms with Crippen LogP contribution in [0.3, 0.4) is 0 Å². The van der Waals surface area contributed by atoms with Gasteiger partial charge in [-0.3, -0.25) is 0 Å². The van der Waals surface area contributed by atoms with E-state index in [4.69, 9.17) is 16.7 Å². The van der Waals surface area contributed by atoms with Crippen LogP contribution < -0.4 is 4.72 Å². The lowest BCUT2D eigenvalue weighted by atomic mass is 10.3. The molecule has 20 heavy (non-hydrogen) atoms. The predicted octanol–water partition coefficient (Wildman–Crippen LogP) is 2.78. The van der Waals surface area contributed by atoms with Crippen molar-refractivity contribution in [3.05, 3.63) is 37.9 Å². The molecule has 2 heterocycles. The van der Waals surface area contributed by atoms with Crippen molar-refractivity contribution in [3.63, 3.8) is 0 Å². The van der Waals surface area contributed by atoms with Gasteiger partial charge in [-0.1, -0.05) is 11.6 Å². The van der Waals surface area contributed by atoms with Gasteiger partial charge in [0.05, 0.1) is 10.9 Å². The van der Waals surface area contributed by atoms with Gasteiger partial charge >= 0.3 is 0 Å². The summed E-state index contributed by atoms with van der Waals surface area (Å²) >= 11 is 8.36. The minimum atomic E-state index is -3.51. The predicted molar refractivity (Wildman–Crippen MR) is 83.2 cm³/mol. The molecule has 0 spiro atoms. The van der Waals surface area contributed by atoms with Crippen molar-refractivity contribution >= 4 is 44.3 Å². The summed E-state index contributed by atoms with van der Waals surface area (Å²) in [5, 5.41) is 9.11. The third kappa shape index (κ3) is 3.81. The van der Waals surface area contributed by atoms with E-state index in [1.54, 1.807) is 19.1 Å². The van der Waals surface area contributed by atoms with Crippen molar-refractivity contribution in [2.24, 2.45) is 0 Å². The second kappa shape index (κ2) is 6.55. The molecule has 0 radical (unpaired) electrons. The summed E-state index contributed by atoms with van der Waals surface area (Å²) in [5.41, 5.74) is 0.794. The number of thiophene rings is 2. The van der Waals surface area contributed by atoms with Gasteiger partial charge in [0, 0.05) is 16.3 Å². The second-order valence-electron chi connectivity index (χ2n) is 4.18. The molecule has 0 bridgehead atoms. The van der Waals surface area contributed by atoms with Crippen LogP contribution in [0.1, 0.15) is 15.3 Å². The van der Waals surface area contributed by atoms with Gasteiger partial charge in [0.2, 0.25) is 10.0 Å². The number of hydrogen-bond donors (Lipinski definition) is 2. The monoisotopic (exact) mass is 351 g/mol. The Hall–Kier alpha value is -0.440. The fraction of sp³-hybridized carbons (Fsp3) is 0.333. The summed E-state index contributed by atoms with van der Waals surface area (Å²) in [6.45, 7) is 1.97. The second-order valence-corrected chi connectivity index (χ2v) is 9.11. The van der Waals surface area contributed by atoms with Gasteiger partial charge in [0.25, 0.3) is 0 Å². The van der Waals surface area contributed by atoms with Gasteiger partial charge < -0.3 is 5.11 Å². The Kier molecular flexibility index (Phi) is 5.22. The molecule has 0 aliphatic carbocycles. The number of rotatable bonds is 6. The van der Waals surface area contributed by atoms with Gasteiger partial charge in [0.1, 0.15) is 4.21 Å². The average Bonchev–Trinajstić information content (AvgIpc) is 2.95. The zero-order valence-electron chi connectivity index (χ0n) is 10.7. The van der Waals surface area contributed by atoms with E-state index >= 15 is 0 Å². The first kappa shape index (κ1) is 15.9. The summed E-state index contributed by atoms with van der Waals surface area (Å²) in [5.74, 6) is 0. The highest BCUT2D eigenvalue weighted by Gasteiger charge is 2.18. The molecule has 2 N–H and O–H groups in total. The standard InChI is InChI=1S/C12H14ClNO3S3/c1-8-6-12(19-10(8)7-15)20(16,17)14-5-4-9-2-3-11(13)18-9/h2-3,6,14-15H,4-5,7H2,1H3. The highest BCUT2D eigenvalue weighted by molar-refractivity contribution is 7.91. The van der Waals surface area contributed by atoms with E-state index in [9.17, 15) is 8.42 Å². The summed E-state index contributed by atoms with van der Waals surface area (Å²) in [4.78, 5) is 1.71. The SMILES string of the molecule is Cc1cc(S(=O)(=O)NCCc2ccc(Cl)s2)sc1CO. The first-order valence-corrected chi connectivity index (χ1v) is 9.36. The Bertz CT molecular complexity index is 691. The summed E-state index contributed by atoms with van der Waals surface area (Å²) in [6.07, 6.45) is 0.605. The van der Waals surface area contributed by atoms with E-state index in [1.807, 2.05) is 6.07 Å². The molecule has 0 aromatic carbocycles. The third-order valence-electron chi connectivity index (χ3n) is 2.70. The fourth-order valence-electron chi connectivity index (χ4n) is 1.64. The highest BCUT2D eigenvalue weighted by atomic mass is 35.5. The minimum absolute atomic E-state index is 0.139. The minimum Gasteiger partial charge on any atom is -0.391 e. The summed E-state index contributed by atoms with van der Waals surface area (Å²) < 4.78 is 27.7. The molecule has 2 aromatic rings. The van der Waals surface area contributed by atoms with Gasteiger partial charge in [-0.15, -0.1) is 22.7 Å². The smallest absolute Gasteiger partial charge is 0.250 e. The van der Waals surface area contributed by atoms with Crippen molar-refractivity contribution in [2.75, 3.05) is 6.54 Å². The van der Waals surface area contributed by atoms with Crippen molar-refractivity contribution in [2.45, 2.75) is 24.2 Å². The lowest BCUT2D eigenvalue weighted by Gasteiger charge is -2.03. The largest absolute Gasteiger partial charge is 0.391 e. The van der Waals surface area contributed by atoms with Crippen LogP contribution in [0.4, 0.5) is 0 Å². The Morgan fingerprint density at radius 3 is 2.65 bits per heavy atom. The topological polar surface area (TPSA) is 66.4 Å². The normalized spacial score (nSPS) is 11.9. The highest BCUT2D eigenvalue weighted by Crippen LogP contribution is 2.26. The van der Waals surface area contributed by atoms with Gasteiger partial charge in [0.15, 0.2) is 0 Å². The number of sulfonamides is 1. The number of nitrogens with one attached hydrogen (secondary N) is 1. The van der Waals surface area contributed by atoms with Crippen LogP contribution >= 0.6 is 34.3 Å². The Labute approximate surface area is 131 Å². The molecular formula is C12H14ClNO3S3. The summed E-state index contributed by atoms with van der Waals surface area (Å²) in [6, 6.07) is 5.27. The van der Waals surface area contributed by atoms with Crippen molar-refractivity contribution in [3.8, 4) is 0 Å². The van der Waals surface area contributed by atoms with Gasteiger partial charge in [-0.25, -0.2) is 13.1 Å². The maximum atomic E-state index is 12.1. The molecule has 2 aromatic heterocycles. The lowest BCUT2D eigenvalue weighted by molar-refractivity contribution is 0.285. The molecule has 0 unspecified atom stereocenters. The molecule has 0 aliphatic heterocycles. The summed E-state index contributed by atoms with van der Waals surface area (Å²) in [7, 11) is -3.51. The van der Waals surface area contributed by atoms with E-state index in [0.717, 1.165) is 21.8 Å². The molecule has 0 atom stereocenters. The Morgan fingerprint density at radius 2 is 2.10 bits per heavy atom. The van der Waals surface area contributed by atoms with Gasteiger partial charge in [-0.2, -0.15) is 0 Å². The fourth-order valence-corrected chi connectivity index (χ4v) is 5.26. The van der Waals surface area contributed by atoms with Gasteiger partial charge in [-0.05, 0) is 37.1 Å². The van der Waals surface area contributed by atoms with Crippen molar-refractivity contribution in [1.29, 1.82) is 0 Å².